The van der Waals surface area contributed by atoms with E-state index < -0.39 is 0 Å². The van der Waals surface area contributed by atoms with Crippen molar-refractivity contribution in [2.45, 2.75) is 25.3 Å². The first kappa shape index (κ1) is 18.4. The van der Waals surface area contributed by atoms with Crippen LogP contribution in [0.4, 0.5) is 0 Å². The second-order valence-electron chi connectivity index (χ2n) is 7.16. The number of aromatic nitrogens is 3. The van der Waals surface area contributed by atoms with Gasteiger partial charge in [-0.25, -0.2) is 4.98 Å². The molecule has 1 aliphatic rings. The van der Waals surface area contributed by atoms with Gasteiger partial charge in [-0.05, 0) is 49.2 Å². The molecule has 1 N–H and O–H groups in total. The van der Waals surface area contributed by atoms with Crippen LogP contribution in [0, 0.1) is 0 Å². The summed E-state index contributed by atoms with van der Waals surface area (Å²) in [6, 6.07) is 15.4. The number of methoxy groups -OCH3 is 1. The highest BCUT2D eigenvalue weighted by molar-refractivity contribution is 5.48. The normalized spacial score (nSPS) is 17.4. The van der Waals surface area contributed by atoms with E-state index in [1.54, 1.807) is 19.4 Å². The van der Waals surface area contributed by atoms with Gasteiger partial charge in [-0.15, -0.1) is 0 Å². The monoisotopic (exact) mass is 376 g/mol. The maximum absolute atomic E-state index is 12.2. The lowest BCUT2D eigenvalue weighted by molar-refractivity contribution is 0.198. The maximum atomic E-state index is 12.2. The largest absolute Gasteiger partial charge is 0.497 e. The van der Waals surface area contributed by atoms with Crippen LogP contribution < -0.4 is 10.3 Å². The maximum Gasteiger partial charge on any atom is 0.251 e. The smallest absolute Gasteiger partial charge is 0.251 e. The first-order chi connectivity index (χ1) is 13.7. The zero-order valence-corrected chi connectivity index (χ0v) is 16.0. The van der Waals surface area contributed by atoms with Crippen molar-refractivity contribution in [3.05, 3.63) is 76.3 Å². The number of hydrogen-bond donors (Lipinski definition) is 1. The van der Waals surface area contributed by atoms with Crippen molar-refractivity contribution in [1.29, 1.82) is 0 Å². The number of nitrogens with one attached hydrogen (secondary N) is 1. The summed E-state index contributed by atoms with van der Waals surface area (Å²) in [4.78, 5) is 26.5. The van der Waals surface area contributed by atoms with Gasteiger partial charge in [0.25, 0.3) is 5.56 Å². The Hall–Kier alpha value is -2.99. The average molecular weight is 376 g/mol. The van der Waals surface area contributed by atoms with E-state index in [0.29, 0.717) is 11.5 Å². The van der Waals surface area contributed by atoms with Gasteiger partial charge in [0.1, 0.15) is 11.4 Å². The summed E-state index contributed by atoms with van der Waals surface area (Å²) in [6.07, 6.45) is 3.84. The molecule has 1 fully saturated rings. The Bertz CT molecular complexity index is 970. The zero-order valence-electron chi connectivity index (χ0n) is 16.0. The fourth-order valence-electron chi connectivity index (χ4n) is 3.74. The van der Waals surface area contributed by atoms with Crippen LogP contribution in [-0.2, 0) is 6.54 Å². The minimum absolute atomic E-state index is 0.127. The van der Waals surface area contributed by atoms with E-state index in [1.807, 2.05) is 30.3 Å². The first-order valence-electron chi connectivity index (χ1n) is 9.59. The lowest BCUT2D eigenvalue weighted by atomic mass is 9.94. The Balaban J connectivity index is 1.51. The average Bonchev–Trinajstić information content (AvgIpc) is 2.75. The third-order valence-electron chi connectivity index (χ3n) is 5.16. The van der Waals surface area contributed by atoms with Crippen molar-refractivity contribution < 1.29 is 4.74 Å². The number of rotatable bonds is 5. The van der Waals surface area contributed by atoms with E-state index >= 15 is 0 Å². The van der Waals surface area contributed by atoms with Crippen LogP contribution in [-0.4, -0.2) is 40.1 Å². The molecule has 1 atom stereocenters. The van der Waals surface area contributed by atoms with Crippen LogP contribution in [0.1, 0.15) is 30.0 Å². The Morgan fingerprint density at radius 2 is 2.07 bits per heavy atom. The number of piperidine rings is 1. The molecule has 144 valence electrons. The number of hydrogen-bond acceptors (Lipinski definition) is 5. The molecule has 1 saturated heterocycles. The van der Waals surface area contributed by atoms with E-state index in [1.165, 1.54) is 5.56 Å². The van der Waals surface area contributed by atoms with Crippen LogP contribution in [0.3, 0.4) is 0 Å². The first-order valence-corrected chi connectivity index (χ1v) is 9.59. The number of nitrogens with zero attached hydrogens (tertiary/aromatic N) is 3. The number of aromatic amines is 1. The van der Waals surface area contributed by atoms with Crippen LogP contribution in [0.15, 0.2) is 59.5 Å². The van der Waals surface area contributed by atoms with Gasteiger partial charge in [-0.2, -0.15) is 0 Å². The summed E-state index contributed by atoms with van der Waals surface area (Å²) < 4.78 is 5.23. The van der Waals surface area contributed by atoms with Gasteiger partial charge in [-0.3, -0.25) is 14.7 Å². The molecular weight excluding hydrogens is 352 g/mol. The number of likely N-dealkylation sites (tertiary alicyclic amines) is 1. The van der Waals surface area contributed by atoms with E-state index in [2.05, 4.69) is 27.0 Å². The highest BCUT2D eigenvalue weighted by atomic mass is 16.5. The SMILES string of the molecule is COc1ccc(CN2CCCC(c3cc(=O)[nH]c(-c4ccccn4)n3)C2)cc1. The molecule has 6 nitrogen and oxygen atoms in total. The molecule has 0 bridgehead atoms. The van der Waals surface area contributed by atoms with E-state index in [9.17, 15) is 4.79 Å². The Morgan fingerprint density at radius 1 is 1.21 bits per heavy atom. The van der Waals surface area contributed by atoms with E-state index in [-0.39, 0.29) is 11.5 Å². The highest BCUT2D eigenvalue weighted by Gasteiger charge is 2.23. The van der Waals surface area contributed by atoms with Crippen LogP contribution in [0.25, 0.3) is 11.5 Å². The molecule has 0 saturated carbocycles. The molecule has 1 unspecified atom stereocenters. The summed E-state index contributed by atoms with van der Waals surface area (Å²) in [5.74, 6) is 1.65. The molecule has 1 aliphatic heterocycles. The lowest BCUT2D eigenvalue weighted by Gasteiger charge is -2.32. The van der Waals surface area contributed by atoms with Crippen molar-refractivity contribution in [3.63, 3.8) is 0 Å². The van der Waals surface area contributed by atoms with Gasteiger partial charge in [-0.1, -0.05) is 18.2 Å². The Labute approximate surface area is 164 Å². The van der Waals surface area contributed by atoms with Gasteiger partial charge in [0.15, 0.2) is 5.82 Å². The van der Waals surface area contributed by atoms with Crippen molar-refractivity contribution in [2.75, 3.05) is 20.2 Å². The predicted octanol–water partition coefficient (Wildman–Crippen LogP) is 3.22. The second-order valence-corrected chi connectivity index (χ2v) is 7.16. The van der Waals surface area contributed by atoms with Crippen molar-refractivity contribution >= 4 is 0 Å². The molecule has 3 aromatic rings. The van der Waals surface area contributed by atoms with Gasteiger partial charge in [0.2, 0.25) is 0 Å². The minimum atomic E-state index is -0.127. The van der Waals surface area contributed by atoms with Gasteiger partial charge >= 0.3 is 0 Å². The summed E-state index contributed by atoms with van der Waals surface area (Å²) in [5, 5.41) is 0. The topological polar surface area (TPSA) is 71.1 Å². The molecular formula is C22H24N4O2. The molecule has 6 heteroatoms. The summed E-state index contributed by atoms with van der Waals surface area (Å²) >= 11 is 0. The lowest BCUT2D eigenvalue weighted by Crippen LogP contribution is -2.34. The van der Waals surface area contributed by atoms with E-state index in [4.69, 9.17) is 9.72 Å². The molecule has 0 amide bonds. The van der Waals surface area contributed by atoms with E-state index in [0.717, 1.165) is 43.9 Å². The zero-order chi connectivity index (χ0) is 19.3. The van der Waals surface area contributed by atoms with Gasteiger partial charge < -0.3 is 9.72 Å². The quantitative estimate of drug-likeness (QED) is 0.740. The molecule has 28 heavy (non-hydrogen) atoms. The number of ether oxygens (including phenoxy) is 1. The minimum Gasteiger partial charge on any atom is -0.497 e. The fraction of sp³-hybridized carbons (Fsp3) is 0.318. The van der Waals surface area contributed by atoms with Gasteiger partial charge in [0, 0.05) is 31.3 Å². The highest BCUT2D eigenvalue weighted by Crippen LogP contribution is 2.27. The molecule has 0 radical (unpaired) electrons. The Kier molecular flexibility index (Phi) is 5.48. The number of pyridine rings is 1. The van der Waals surface area contributed by atoms with Crippen LogP contribution >= 0.6 is 0 Å². The molecule has 0 spiro atoms. The van der Waals surface area contributed by atoms with Gasteiger partial charge in [0.05, 0.1) is 12.8 Å². The third-order valence-corrected chi connectivity index (χ3v) is 5.16. The third kappa shape index (κ3) is 4.28. The second kappa shape index (κ2) is 8.35. The molecule has 1 aromatic carbocycles. The summed E-state index contributed by atoms with van der Waals surface area (Å²) in [5.41, 5.74) is 2.67. The molecule has 4 rings (SSSR count). The van der Waals surface area contributed by atoms with Crippen molar-refractivity contribution in [1.82, 2.24) is 19.9 Å². The fourth-order valence-corrected chi connectivity index (χ4v) is 3.74. The molecule has 0 aliphatic carbocycles. The van der Waals surface area contributed by atoms with Crippen LogP contribution in [0.2, 0.25) is 0 Å². The number of H-pyrrole nitrogens is 1. The standard InChI is InChI=1S/C22H24N4O2/c1-28-18-9-7-16(8-10-18)14-26-12-4-5-17(15-26)20-13-21(27)25-22(24-20)19-6-2-3-11-23-19/h2-3,6-11,13,17H,4-5,12,14-15H2,1H3,(H,24,25,27). The summed E-state index contributed by atoms with van der Waals surface area (Å²) in [7, 11) is 1.68. The summed E-state index contributed by atoms with van der Waals surface area (Å²) in [6.45, 7) is 2.83. The van der Waals surface area contributed by atoms with Crippen molar-refractivity contribution in [3.8, 4) is 17.3 Å². The Morgan fingerprint density at radius 3 is 2.82 bits per heavy atom. The molecule has 2 aromatic heterocycles. The van der Waals surface area contributed by atoms with Crippen molar-refractivity contribution in [2.24, 2.45) is 0 Å². The van der Waals surface area contributed by atoms with Crippen LogP contribution in [0.5, 0.6) is 5.75 Å². The molecule has 3 heterocycles. The predicted molar refractivity (Wildman–Crippen MR) is 108 cm³/mol. The number of benzene rings is 1.